The van der Waals surface area contributed by atoms with Crippen LogP contribution >= 0.6 is 0 Å². The van der Waals surface area contributed by atoms with Crippen molar-refractivity contribution in [2.75, 3.05) is 26.7 Å². The average Bonchev–Trinajstić information content (AvgIpc) is 3.44. The Morgan fingerprint density at radius 3 is 2.38 bits per heavy atom. The lowest BCUT2D eigenvalue weighted by Crippen LogP contribution is -2.61. The highest BCUT2D eigenvalue weighted by Crippen LogP contribution is 2.66. The van der Waals surface area contributed by atoms with E-state index in [4.69, 9.17) is 4.74 Å². The normalized spacial score (nSPS) is 35.4. The number of amides is 3. The smallest absolute Gasteiger partial charge is 0.248 e. The molecule has 8 atom stereocenters. The van der Waals surface area contributed by atoms with Crippen molar-refractivity contribution in [1.29, 1.82) is 0 Å². The zero-order valence-corrected chi connectivity index (χ0v) is 24.6. The standard InChI is InChI=1S/C31H49N3O5/c1-8-16-32(7)27(36)24-25-28(37)34(23(19-35)20(4)10-3)26(31(25)18-21(5)30(24,6)39-31)29(38)33(17-9-2)22-14-12-11-13-15-22/h8-9,20-26,35H,1-2,10-19H2,3-7H3/t20-,21?,23-,24+,25-,26?,30-,31?/m0/s1. The monoisotopic (exact) mass is 543 g/mol. The summed E-state index contributed by atoms with van der Waals surface area (Å²) in [5.41, 5.74) is -1.98. The summed E-state index contributed by atoms with van der Waals surface area (Å²) in [6, 6.07) is -1.36. The molecule has 8 heteroatoms. The summed E-state index contributed by atoms with van der Waals surface area (Å²) in [7, 11) is 1.72. The van der Waals surface area contributed by atoms with Gasteiger partial charge in [-0.1, -0.05) is 58.6 Å². The third-order valence-corrected chi connectivity index (χ3v) is 10.5. The molecule has 3 aliphatic heterocycles. The third-order valence-electron chi connectivity index (χ3n) is 10.5. The van der Waals surface area contributed by atoms with Gasteiger partial charge < -0.3 is 24.5 Å². The van der Waals surface area contributed by atoms with Gasteiger partial charge in [0.1, 0.15) is 11.6 Å². The molecule has 0 aromatic heterocycles. The number of carbonyl (C=O) groups is 3. The Hall–Kier alpha value is -2.19. The molecule has 3 amide bonds. The lowest BCUT2D eigenvalue weighted by Gasteiger charge is -2.43. The Labute approximate surface area is 234 Å². The second-order valence-corrected chi connectivity index (χ2v) is 12.7. The Morgan fingerprint density at radius 2 is 1.82 bits per heavy atom. The van der Waals surface area contributed by atoms with Gasteiger partial charge in [-0.15, -0.1) is 13.2 Å². The molecule has 0 radical (unpaired) electrons. The number of rotatable bonds is 11. The fourth-order valence-electron chi connectivity index (χ4n) is 8.13. The maximum Gasteiger partial charge on any atom is 0.248 e. The van der Waals surface area contributed by atoms with Gasteiger partial charge in [0.15, 0.2) is 0 Å². The molecule has 1 saturated carbocycles. The molecule has 1 aliphatic carbocycles. The van der Waals surface area contributed by atoms with Crippen molar-refractivity contribution in [1.82, 2.24) is 14.7 Å². The molecule has 3 heterocycles. The second-order valence-electron chi connectivity index (χ2n) is 12.7. The lowest BCUT2D eigenvalue weighted by atomic mass is 9.62. The van der Waals surface area contributed by atoms with Crippen LogP contribution in [0.3, 0.4) is 0 Å². The van der Waals surface area contributed by atoms with E-state index < -0.39 is 35.1 Å². The highest BCUT2D eigenvalue weighted by atomic mass is 16.5. The van der Waals surface area contributed by atoms with Crippen LogP contribution in [0.15, 0.2) is 25.3 Å². The van der Waals surface area contributed by atoms with Crippen molar-refractivity contribution >= 4 is 17.7 Å². The van der Waals surface area contributed by atoms with E-state index in [9.17, 15) is 19.5 Å². The Morgan fingerprint density at radius 1 is 1.18 bits per heavy atom. The first-order valence-corrected chi connectivity index (χ1v) is 14.9. The summed E-state index contributed by atoms with van der Waals surface area (Å²) >= 11 is 0. The van der Waals surface area contributed by atoms with E-state index in [1.807, 2.05) is 25.7 Å². The Kier molecular flexibility index (Phi) is 8.67. The van der Waals surface area contributed by atoms with Crippen LogP contribution < -0.4 is 0 Å². The molecule has 0 aromatic rings. The molecule has 3 unspecified atom stereocenters. The first-order valence-electron chi connectivity index (χ1n) is 14.9. The van der Waals surface area contributed by atoms with Crippen LogP contribution in [0.2, 0.25) is 0 Å². The zero-order chi connectivity index (χ0) is 28.7. The van der Waals surface area contributed by atoms with Crippen molar-refractivity contribution < 1.29 is 24.2 Å². The van der Waals surface area contributed by atoms with Crippen LogP contribution in [0.5, 0.6) is 0 Å². The molecule has 8 nitrogen and oxygen atoms in total. The molecule has 4 rings (SSSR count). The molecule has 1 N–H and O–H groups in total. The summed E-state index contributed by atoms with van der Waals surface area (Å²) in [4.78, 5) is 48.4. The molecule has 2 bridgehead atoms. The maximum atomic E-state index is 14.8. The summed E-state index contributed by atoms with van der Waals surface area (Å²) in [5, 5.41) is 10.6. The van der Waals surface area contributed by atoms with Gasteiger partial charge in [0, 0.05) is 26.2 Å². The maximum absolute atomic E-state index is 14.8. The molecule has 4 fully saturated rings. The quantitative estimate of drug-likeness (QED) is 0.404. The number of likely N-dealkylation sites (N-methyl/N-ethyl adjacent to an activating group) is 1. The number of aliphatic hydroxyl groups is 1. The number of nitrogens with zero attached hydrogens (tertiary/aromatic N) is 3. The Bertz CT molecular complexity index is 979. The van der Waals surface area contributed by atoms with E-state index >= 15 is 0 Å². The summed E-state index contributed by atoms with van der Waals surface area (Å²) in [5.74, 6) is -2.08. The van der Waals surface area contributed by atoms with E-state index in [0.717, 1.165) is 38.5 Å². The predicted molar refractivity (Wildman–Crippen MR) is 151 cm³/mol. The van der Waals surface area contributed by atoms with Gasteiger partial charge in [-0.05, 0) is 38.0 Å². The Balaban J connectivity index is 1.86. The topological polar surface area (TPSA) is 90.4 Å². The van der Waals surface area contributed by atoms with Gasteiger partial charge in [-0.3, -0.25) is 14.4 Å². The van der Waals surface area contributed by atoms with Crippen molar-refractivity contribution in [3.63, 3.8) is 0 Å². The molecule has 3 saturated heterocycles. The molecule has 0 aromatic carbocycles. The number of hydrogen-bond acceptors (Lipinski definition) is 5. The number of fused-ring (bicyclic) bond motifs is 1. The fraction of sp³-hybridized carbons (Fsp3) is 0.774. The second kappa shape index (κ2) is 11.4. The highest BCUT2D eigenvalue weighted by Gasteiger charge is 2.80. The minimum atomic E-state index is -1.12. The SMILES string of the molecule is C=CCN(C)C(=O)[C@H]1[C@H]2C(=O)N([C@@H](CO)[C@@H](C)CC)C(C(=O)N(CC=C)C3CCCCC3)C23CC(C)[C@]1(C)O3. The molecule has 4 aliphatic rings. The number of likely N-dealkylation sites (tertiary alicyclic amines) is 1. The average molecular weight is 544 g/mol. The number of carbonyl (C=O) groups excluding carboxylic acids is 3. The third kappa shape index (κ3) is 4.55. The summed E-state index contributed by atoms with van der Waals surface area (Å²) in [6.07, 6.45) is 9.83. The van der Waals surface area contributed by atoms with Gasteiger partial charge in [0.2, 0.25) is 17.7 Å². The van der Waals surface area contributed by atoms with Crippen LogP contribution in [0, 0.1) is 23.7 Å². The molecular formula is C31H49N3O5. The van der Waals surface area contributed by atoms with E-state index in [1.165, 1.54) is 0 Å². The van der Waals surface area contributed by atoms with Gasteiger partial charge in [0.05, 0.1) is 30.1 Å². The molecule has 218 valence electrons. The van der Waals surface area contributed by atoms with Gasteiger partial charge >= 0.3 is 0 Å². The fourth-order valence-corrected chi connectivity index (χ4v) is 8.13. The van der Waals surface area contributed by atoms with E-state index in [-0.39, 0.29) is 42.2 Å². The van der Waals surface area contributed by atoms with E-state index in [2.05, 4.69) is 20.1 Å². The highest BCUT2D eigenvalue weighted by molar-refractivity contribution is 5.99. The molecule has 39 heavy (non-hydrogen) atoms. The van der Waals surface area contributed by atoms with Crippen molar-refractivity contribution in [3.8, 4) is 0 Å². The number of aliphatic hydroxyl groups excluding tert-OH is 1. The van der Waals surface area contributed by atoms with Crippen molar-refractivity contribution in [2.24, 2.45) is 23.7 Å². The van der Waals surface area contributed by atoms with Gasteiger partial charge in [-0.2, -0.15) is 0 Å². The number of hydrogen-bond donors (Lipinski definition) is 1. The minimum Gasteiger partial charge on any atom is -0.394 e. The van der Waals surface area contributed by atoms with E-state index in [1.54, 1.807) is 29.0 Å². The predicted octanol–water partition coefficient (Wildman–Crippen LogP) is 3.40. The van der Waals surface area contributed by atoms with Crippen LogP contribution in [-0.4, -0.2) is 93.6 Å². The largest absolute Gasteiger partial charge is 0.394 e. The van der Waals surface area contributed by atoms with Gasteiger partial charge in [-0.25, -0.2) is 0 Å². The van der Waals surface area contributed by atoms with Crippen LogP contribution in [0.25, 0.3) is 0 Å². The number of ether oxygens (including phenoxy) is 1. The van der Waals surface area contributed by atoms with Crippen LogP contribution in [0.1, 0.15) is 72.6 Å². The van der Waals surface area contributed by atoms with E-state index in [0.29, 0.717) is 19.5 Å². The minimum absolute atomic E-state index is 0.0263. The lowest BCUT2D eigenvalue weighted by molar-refractivity contribution is -0.160. The van der Waals surface area contributed by atoms with Crippen molar-refractivity contribution in [3.05, 3.63) is 25.3 Å². The first-order chi connectivity index (χ1) is 18.5. The van der Waals surface area contributed by atoms with Gasteiger partial charge in [0.25, 0.3) is 0 Å². The van der Waals surface area contributed by atoms with Crippen LogP contribution in [0.4, 0.5) is 0 Å². The first kappa shape index (κ1) is 29.8. The molecular weight excluding hydrogens is 494 g/mol. The van der Waals surface area contributed by atoms with Crippen molar-refractivity contribution in [2.45, 2.75) is 102 Å². The van der Waals surface area contributed by atoms with Crippen LogP contribution in [-0.2, 0) is 19.1 Å². The summed E-state index contributed by atoms with van der Waals surface area (Å²) in [6.45, 7) is 16.3. The molecule has 1 spiro atoms. The summed E-state index contributed by atoms with van der Waals surface area (Å²) < 4.78 is 6.91. The zero-order valence-electron chi connectivity index (χ0n) is 24.6.